The molecule has 3 rings (SSSR count). The van der Waals surface area contributed by atoms with Crippen molar-refractivity contribution in [3.63, 3.8) is 0 Å². The minimum atomic E-state index is -0.107. The number of nitrogens with one attached hydrogen (secondary N) is 1. The molecule has 5 nitrogen and oxygen atoms in total. The van der Waals surface area contributed by atoms with Gasteiger partial charge in [0.2, 0.25) is 5.91 Å². The van der Waals surface area contributed by atoms with Crippen molar-refractivity contribution in [2.24, 2.45) is 0 Å². The van der Waals surface area contributed by atoms with Crippen LogP contribution in [0.4, 0.5) is 5.69 Å². The molecule has 0 aliphatic carbocycles. The summed E-state index contributed by atoms with van der Waals surface area (Å²) in [6.45, 7) is 8.40. The highest BCUT2D eigenvalue weighted by molar-refractivity contribution is 7.99. The Kier molecular flexibility index (Phi) is 6.24. The van der Waals surface area contributed by atoms with Crippen LogP contribution in [-0.2, 0) is 4.79 Å². The summed E-state index contributed by atoms with van der Waals surface area (Å²) < 4.78 is 2.09. The fourth-order valence-electron chi connectivity index (χ4n) is 2.65. The van der Waals surface area contributed by atoms with Crippen LogP contribution >= 0.6 is 34.7 Å². The van der Waals surface area contributed by atoms with Crippen LogP contribution in [0.25, 0.3) is 11.4 Å². The van der Waals surface area contributed by atoms with Gasteiger partial charge in [0.25, 0.3) is 0 Å². The van der Waals surface area contributed by atoms with Crippen molar-refractivity contribution in [1.82, 2.24) is 14.8 Å². The van der Waals surface area contributed by atoms with Crippen molar-refractivity contribution in [3.8, 4) is 11.4 Å². The molecule has 1 N–H and O–H groups in total. The zero-order valence-corrected chi connectivity index (χ0v) is 18.0. The second-order valence-electron chi connectivity index (χ2n) is 6.45. The van der Waals surface area contributed by atoms with Gasteiger partial charge in [-0.1, -0.05) is 29.4 Å². The van der Waals surface area contributed by atoms with Gasteiger partial charge in [0.1, 0.15) is 0 Å². The van der Waals surface area contributed by atoms with E-state index >= 15 is 0 Å². The molecule has 0 aliphatic heterocycles. The Labute approximate surface area is 172 Å². The Morgan fingerprint density at radius 1 is 1.33 bits per heavy atom. The predicted molar refractivity (Wildman–Crippen MR) is 114 cm³/mol. The number of nitrogens with zero attached hydrogens (tertiary/aromatic N) is 3. The molecule has 2 aromatic heterocycles. The molecular formula is C19H21ClN4OS2. The van der Waals surface area contributed by atoms with E-state index in [1.165, 1.54) is 22.2 Å². The number of carbonyl (C=O) groups is 1. The number of hydrogen-bond donors (Lipinski definition) is 1. The summed E-state index contributed by atoms with van der Waals surface area (Å²) in [7, 11) is 0. The van der Waals surface area contributed by atoms with Gasteiger partial charge in [0.15, 0.2) is 11.0 Å². The van der Waals surface area contributed by atoms with E-state index in [-0.39, 0.29) is 17.7 Å². The minimum absolute atomic E-state index is 0.107. The van der Waals surface area contributed by atoms with E-state index < -0.39 is 0 Å². The predicted octanol–water partition coefficient (Wildman–Crippen LogP) is 5.59. The van der Waals surface area contributed by atoms with Crippen LogP contribution in [0.1, 0.15) is 30.3 Å². The van der Waals surface area contributed by atoms with E-state index in [1.807, 2.05) is 6.07 Å². The van der Waals surface area contributed by atoms with Crippen LogP contribution in [0.2, 0.25) is 5.02 Å². The molecule has 1 aromatic carbocycles. The SMILES string of the molecule is Cc1scc(-c2nnc(SCC(=O)Nc3cccc(Cl)c3)n2C(C)C)c1C. The summed E-state index contributed by atoms with van der Waals surface area (Å²) in [6.07, 6.45) is 0. The highest BCUT2D eigenvalue weighted by Crippen LogP contribution is 2.33. The molecule has 142 valence electrons. The number of rotatable bonds is 6. The molecule has 0 atom stereocenters. The van der Waals surface area contributed by atoms with E-state index in [1.54, 1.807) is 29.5 Å². The van der Waals surface area contributed by atoms with Gasteiger partial charge < -0.3 is 5.32 Å². The number of aryl methyl sites for hydroxylation is 1. The van der Waals surface area contributed by atoms with E-state index in [4.69, 9.17) is 11.6 Å². The fraction of sp³-hybridized carbons (Fsp3) is 0.316. The summed E-state index contributed by atoms with van der Waals surface area (Å²) >= 11 is 9.05. The second kappa shape index (κ2) is 8.46. The van der Waals surface area contributed by atoms with Gasteiger partial charge >= 0.3 is 0 Å². The summed E-state index contributed by atoms with van der Waals surface area (Å²) in [5, 5.41) is 15.0. The van der Waals surface area contributed by atoms with Crippen LogP contribution in [0.15, 0.2) is 34.8 Å². The van der Waals surface area contributed by atoms with Crippen molar-refractivity contribution in [3.05, 3.63) is 45.1 Å². The largest absolute Gasteiger partial charge is 0.325 e. The Bertz CT molecular complexity index is 965. The Morgan fingerprint density at radius 2 is 2.11 bits per heavy atom. The molecule has 0 saturated heterocycles. The first-order valence-corrected chi connectivity index (χ1v) is 10.8. The van der Waals surface area contributed by atoms with E-state index in [9.17, 15) is 4.79 Å². The van der Waals surface area contributed by atoms with Crippen LogP contribution < -0.4 is 5.32 Å². The maximum absolute atomic E-state index is 12.3. The number of carbonyl (C=O) groups excluding carboxylic acids is 1. The summed E-state index contributed by atoms with van der Waals surface area (Å²) in [6, 6.07) is 7.30. The number of aromatic nitrogens is 3. The number of halogens is 1. The Morgan fingerprint density at radius 3 is 2.74 bits per heavy atom. The molecule has 0 saturated carbocycles. The number of anilines is 1. The molecule has 2 heterocycles. The first kappa shape index (κ1) is 19.9. The zero-order chi connectivity index (χ0) is 19.6. The van der Waals surface area contributed by atoms with Crippen molar-refractivity contribution in [1.29, 1.82) is 0 Å². The molecule has 1 amide bonds. The third-order valence-corrected chi connectivity index (χ3v) is 6.34. The lowest BCUT2D eigenvalue weighted by Gasteiger charge is -2.13. The lowest BCUT2D eigenvalue weighted by Crippen LogP contribution is -2.15. The van der Waals surface area contributed by atoms with Gasteiger partial charge in [-0.2, -0.15) is 0 Å². The maximum atomic E-state index is 12.3. The van der Waals surface area contributed by atoms with Crippen molar-refractivity contribution in [2.75, 3.05) is 11.1 Å². The number of amides is 1. The average molecular weight is 421 g/mol. The molecular weight excluding hydrogens is 400 g/mol. The van der Waals surface area contributed by atoms with Gasteiger partial charge in [-0.05, 0) is 51.5 Å². The van der Waals surface area contributed by atoms with Crippen molar-refractivity contribution < 1.29 is 4.79 Å². The minimum Gasteiger partial charge on any atom is -0.325 e. The topological polar surface area (TPSA) is 59.8 Å². The number of thioether (sulfide) groups is 1. The molecule has 0 fully saturated rings. The normalized spacial score (nSPS) is 11.2. The number of benzene rings is 1. The number of thiophene rings is 1. The third-order valence-electron chi connectivity index (χ3n) is 4.15. The zero-order valence-electron chi connectivity index (χ0n) is 15.6. The standard InChI is InChI=1S/C19H21ClN4OS2/c1-11(2)24-18(16-9-26-13(4)12(16)3)22-23-19(24)27-10-17(25)21-15-7-5-6-14(20)8-15/h5-9,11H,10H2,1-4H3,(H,21,25). The van der Waals surface area contributed by atoms with Gasteiger partial charge in [0.05, 0.1) is 5.75 Å². The molecule has 0 radical (unpaired) electrons. The Balaban J connectivity index is 1.75. The van der Waals surface area contributed by atoms with Crippen molar-refractivity contribution in [2.45, 2.75) is 38.9 Å². The molecule has 0 aliphatic rings. The lowest BCUT2D eigenvalue weighted by atomic mass is 10.1. The molecule has 27 heavy (non-hydrogen) atoms. The second-order valence-corrected chi connectivity index (χ2v) is 8.91. The summed E-state index contributed by atoms with van der Waals surface area (Å²) in [4.78, 5) is 13.6. The smallest absolute Gasteiger partial charge is 0.234 e. The fourth-order valence-corrected chi connectivity index (χ4v) is 4.57. The van der Waals surface area contributed by atoms with Crippen LogP contribution in [0.3, 0.4) is 0 Å². The summed E-state index contributed by atoms with van der Waals surface area (Å²) in [5.74, 6) is 0.994. The van der Waals surface area contributed by atoms with Crippen LogP contribution in [-0.4, -0.2) is 26.4 Å². The molecule has 0 bridgehead atoms. The quantitative estimate of drug-likeness (QED) is 0.528. The van der Waals surface area contributed by atoms with E-state index in [0.717, 1.165) is 16.5 Å². The first-order chi connectivity index (χ1) is 12.9. The maximum Gasteiger partial charge on any atom is 0.234 e. The molecule has 0 unspecified atom stereocenters. The van der Waals surface area contributed by atoms with Gasteiger partial charge in [-0.15, -0.1) is 21.5 Å². The van der Waals surface area contributed by atoms with E-state index in [0.29, 0.717) is 10.7 Å². The van der Waals surface area contributed by atoms with Gasteiger partial charge in [0, 0.05) is 32.6 Å². The third kappa shape index (κ3) is 4.54. The lowest BCUT2D eigenvalue weighted by molar-refractivity contribution is -0.113. The average Bonchev–Trinajstić information content (AvgIpc) is 3.17. The molecule has 8 heteroatoms. The van der Waals surface area contributed by atoms with Crippen molar-refractivity contribution >= 4 is 46.3 Å². The van der Waals surface area contributed by atoms with Crippen LogP contribution in [0, 0.1) is 13.8 Å². The van der Waals surface area contributed by atoms with Gasteiger partial charge in [-0.25, -0.2) is 0 Å². The molecule has 3 aromatic rings. The highest BCUT2D eigenvalue weighted by Gasteiger charge is 2.20. The Hall–Kier alpha value is -1.83. The number of hydrogen-bond acceptors (Lipinski definition) is 5. The monoisotopic (exact) mass is 420 g/mol. The highest BCUT2D eigenvalue weighted by atomic mass is 35.5. The summed E-state index contributed by atoms with van der Waals surface area (Å²) in [5.41, 5.74) is 3.02. The molecule has 0 spiro atoms. The van der Waals surface area contributed by atoms with E-state index in [2.05, 4.69) is 53.2 Å². The van der Waals surface area contributed by atoms with Crippen LogP contribution in [0.5, 0.6) is 0 Å². The first-order valence-electron chi connectivity index (χ1n) is 8.55. The van der Waals surface area contributed by atoms with Gasteiger partial charge in [-0.3, -0.25) is 9.36 Å².